The molecule has 1 heterocycles. The normalized spacial score (nSPS) is 17.1. The number of ether oxygens (including phenoxy) is 1. The molecule has 108 valence electrons. The van der Waals surface area contributed by atoms with Crippen LogP contribution in [0, 0.1) is 0 Å². The predicted molar refractivity (Wildman–Crippen MR) is 85.9 cm³/mol. The standard InChI is InChI=1S/C15H19ClN2OS/c1-19-11-4-5-12-13(8-11)18(14(9-16)17-12)10-15(20-2)6-3-7-15/h4-5,8H,3,6-7,9-10H2,1-2H3. The van der Waals surface area contributed by atoms with Crippen LogP contribution in [0.4, 0.5) is 0 Å². The third-order valence-corrected chi connectivity index (χ3v) is 5.94. The fraction of sp³-hybridized carbons (Fsp3) is 0.533. The van der Waals surface area contributed by atoms with E-state index in [9.17, 15) is 0 Å². The molecule has 0 radical (unpaired) electrons. The van der Waals surface area contributed by atoms with Crippen molar-refractivity contribution in [3.05, 3.63) is 24.0 Å². The number of alkyl halides is 1. The van der Waals surface area contributed by atoms with Gasteiger partial charge in [0, 0.05) is 17.4 Å². The molecule has 2 aromatic rings. The summed E-state index contributed by atoms with van der Waals surface area (Å²) in [5, 5.41) is 0. The molecule has 0 N–H and O–H groups in total. The first-order chi connectivity index (χ1) is 9.71. The summed E-state index contributed by atoms with van der Waals surface area (Å²) in [7, 11) is 1.69. The van der Waals surface area contributed by atoms with Crippen LogP contribution in [0.1, 0.15) is 25.1 Å². The van der Waals surface area contributed by atoms with Crippen molar-refractivity contribution in [1.82, 2.24) is 9.55 Å². The highest BCUT2D eigenvalue weighted by atomic mass is 35.5. The summed E-state index contributed by atoms with van der Waals surface area (Å²) in [6.45, 7) is 0.986. The van der Waals surface area contributed by atoms with Crippen LogP contribution in [0.15, 0.2) is 18.2 Å². The number of hydrogen-bond acceptors (Lipinski definition) is 3. The maximum absolute atomic E-state index is 6.09. The summed E-state index contributed by atoms with van der Waals surface area (Å²) in [5.74, 6) is 2.27. The second-order valence-electron chi connectivity index (χ2n) is 5.34. The van der Waals surface area contributed by atoms with Crippen LogP contribution in [-0.4, -0.2) is 27.7 Å². The van der Waals surface area contributed by atoms with Gasteiger partial charge in [0.05, 0.1) is 24.0 Å². The lowest BCUT2D eigenvalue weighted by Gasteiger charge is -2.41. The summed E-state index contributed by atoms with van der Waals surface area (Å²) in [6.07, 6.45) is 6.09. The first-order valence-electron chi connectivity index (χ1n) is 6.85. The second kappa shape index (κ2) is 5.49. The average molecular weight is 311 g/mol. The molecule has 0 spiro atoms. The van der Waals surface area contributed by atoms with Crippen molar-refractivity contribution in [2.24, 2.45) is 0 Å². The number of hydrogen-bond donors (Lipinski definition) is 0. The highest BCUT2D eigenvalue weighted by Crippen LogP contribution is 2.45. The van der Waals surface area contributed by atoms with Gasteiger partial charge in [0.15, 0.2) is 0 Å². The lowest BCUT2D eigenvalue weighted by atomic mass is 9.84. The van der Waals surface area contributed by atoms with Crippen LogP contribution in [0.5, 0.6) is 5.75 Å². The fourth-order valence-electron chi connectivity index (χ4n) is 2.84. The maximum atomic E-state index is 6.09. The van der Waals surface area contributed by atoms with Crippen molar-refractivity contribution in [2.75, 3.05) is 13.4 Å². The van der Waals surface area contributed by atoms with Crippen LogP contribution in [0.2, 0.25) is 0 Å². The first-order valence-corrected chi connectivity index (χ1v) is 8.61. The van der Waals surface area contributed by atoms with E-state index in [-0.39, 0.29) is 0 Å². The van der Waals surface area contributed by atoms with Gasteiger partial charge in [0.25, 0.3) is 0 Å². The van der Waals surface area contributed by atoms with E-state index >= 15 is 0 Å². The summed E-state index contributed by atoms with van der Waals surface area (Å²) in [4.78, 5) is 4.65. The van der Waals surface area contributed by atoms with E-state index in [1.165, 1.54) is 19.3 Å². The van der Waals surface area contributed by atoms with Crippen LogP contribution >= 0.6 is 23.4 Å². The summed E-state index contributed by atoms with van der Waals surface area (Å²) in [6, 6.07) is 6.02. The van der Waals surface area contributed by atoms with E-state index < -0.39 is 0 Å². The zero-order chi connectivity index (χ0) is 14.2. The van der Waals surface area contributed by atoms with Gasteiger partial charge in [-0.3, -0.25) is 0 Å². The molecule has 0 bridgehead atoms. The van der Waals surface area contributed by atoms with Crippen molar-refractivity contribution >= 4 is 34.4 Å². The minimum Gasteiger partial charge on any atom is -0.497 e. The summed E-state index contributed by atoms with van der Waals surface area (Å²) in [5.41, 5.74) is 2.12. The second-order valence-corrected chi connectivity index (χ2v) is 6.88. The number of methoxy groups -OCH3 is 1. The van der Waals surface area contributed by atoms with Gasteiger partial charge in [-0.05, 0) is 31.2 Å². The molecule has 0 atom stereocenters. The molecule has 5 heteroatoms. The molecule has 0 aliphatic heterocycles. The van der Waals surface area contributed by atoms with Crippen molar-refractivity contribution in [3.63, 3.8) is 0 Å². The average Bonchev–Trinajstić information content (AvgIpc) is 2.79. The van der Waals surface area contributed by atoms with Gasteiger partial charge in [-0.1, -0.05) is 6.42 Å². The molecular formula is C15H19ClN2OS. The molecule has 1 saturated carbocycles. The Balaban J connectivity index is 2.06. The Hall–Kier alpha value is -0.870. The summed E-state index contributed by atoms with van der Waals surface area (Å²) >= 11 is 8.06. The Morgan fingerprint density at radius 2 is 2.25 bits per heavy atom. The van der Waals surface area contributed by atoms with E-state index in [0.717, 1.165) is 29.2 Å². The zero-order valence-electron chi connectivity index (χ0n) is 11.9. The molecule has 1 aliphatic rings. The monoisotopic (exact) mass is 310 g/mol. The molecule has 20 heavy (non-hydrogen) atoms. The molecule has 3 rings (SSSR count). The zero-order valence-corrected chi connectivity index (χ0v) is 13.4. The van der Waals surface area contributed by atoms with Crippen LogP contribution in [0.25, 0.3) is 11.0 Å². The number of halogens is 1. The molecule has 1 aliphatic carbocycles. The van der Waals surface area contributed by atoms with Gasteiger partial charge >= 0.3 is 0 Å². The quantitative estimate of drug-likeness (QED) is 0.779. The third-order valence-electron chi connectivity index (χ3n) is 4.30. The van der Waals surface area contributed by atoms with Gasteiger partial charge in [-0.15, -0.1) is 11.6 Å². The number of nitrogens with zero attached hydrogens (tertiary/aromatic N) is 2. The van der Waals surface area contributed by atoms with E-state index in [2.05, 4.69) is 21.9 Å². The van der Waals surface area contributed by atoms with E-state index in [1.807, 2.05) is 23.9 Å². The number of thioether (sulfide) groups is 1. The largest absolute Gasteiger partial charge is 0.497 e. The Morgan fingerprint density at radius 1 is 1.45 bits per heavy atom. The van der Waals surface area contributed by atoms with Crippen LogP contribution in [0.3, 0.4) is 0 Å². The van der Waals surface area contributed by atoms with Crippen molar-refractivity contribution in [1.29, 1.82) is 0 Å². The number of imidazole rings is 1. The summed E-state index contributed by atoms with van der Waals surface area (Å²) < 4.78 is 7.97. The number of benzene rings is 1. The Labute approximate surface area is 128 Å². The first kappa shape index (κ1) is 14.1. The SMILES string of the molecule is COc1ccc2nc(CCl)n(CC3(SC)CCC3)c2c1. The van der Waals surface area contributed by atoms with Gasteiger partial charge in [-0.25, -0.2) is 4.98 Å². The lowest BCUT2D eigenvalue weighted by molar-refractivity contribution is 0.322. The molecule has 1 aromatic carbocycles. The highest BCUT2D eigenvalue weighted by Gasteiger charge is 2.37. The Bertz CT molecular complexity index is 616. The van der Waals surface area contributed by atoms with E-state index in [1.54, 1.807) is 7.11 Å². The van der Waals surface area contributed by atoms with Gasteiger partial charge < -0.3 is 9.30 Å². The van der Waals surface area contributed by atoms with E-state index in [4.69, 9.17) is 16.3 Å². The lowest BCUT2D eigenvalue weighted by Crippen LogP contribution is -2.38. The molecule has 0 amide bonds. The number of fused-ring (bicyclic) bond motifs is 1. The van der Waals surface area contributed by atoms with E-state index in [0.29, 0.717) is 10.6 Å². The van der Waals surface area contributed by atoms with Crippen molar-refractivity contribution in [3.8, 4) is 5.75 Å². The molecule has 3 nitrogen and oxygen atoms in total. The van der Waals surface area contributed by atoms with Crippen molar-refractivity contribution < 1.29 is 4.74 Å². The molecule has 1 fully saturated rings. The maximum Gasteiger partial charge on any atom is 0.124 e. The Morgan fingerprint density at radius 3 is 2.80 bits per heavy atom. The predicted octanol–water partition coefficient (Wildman–Crippen LogP) is 4.07. The molecule has 0 saturated heterocycles. The molecule has 1 aromatic heterocycles. The molecule has 0 unspecified atom stereocenters. The number of aromatic nitrogens is 2. The van der Waals surface area contributed by atoms with Crippen LogP contribution in [-0.2, 0) is 12.4 Å². The third kappa shape index (κ3) is 2.29. The van der Waals surface area contributed by atoms with Gasteiger partial charge in [0.1, 0.15) is 11.6 Å². The van der Waals surface area contributed by atoms with Gasteiger partial charge in [0.2, 0.25) is 0 Å². The number of rotatable bonds is 5. The smallest absolute Gasteiger partial charge is 0.124 e. The van der Waals surface area contributed by atoms with Crippen LogP contribution < -0.4 is 4.74 Å². The topological polar surface area (TPSA) is 27.1 Å². The minimum atomic E-state index is 0.359. The fourth-order valence-corrected chi connectivity index (χ4v) is 4.00. The van der Waals surface area contributed by atoms with Gasteiger partial charge in [-0.2, -0.15) is 11.8 Å². The van der Waals surface area contributed by atoms with Crippen molar-refractivity contribution in [2.45, 2.75) is 36.4 Å². The molecular weight excluding hydrogens is 292 g/mol. The minimum absolute atomic E-state index is 0.359. The Kier molecular flexibility index (Phi) is 3.87. The highest BCUT2D eigenvalue weighted by molar-refractivity contribution is 8.00.